The molecule has 0 radical (unpaired) electrons. The Hall–Kier alpha value is -3.70. The van der Waals surface area contributed by atoms with Gasteiger partial charge in [-0.2, -0.15) is 0 Å². The second kappa shape index (κ2) is 8.81. The summed E-state index contributed by atoms with van der Waals surface area (Å²) >= 11 is 6.13. The molecule has 5 nitrogen and oxygen atoms in total. The van der Waals surface area contributed by atoms with Crippen molar-refractivity contribution in [2.75, 3.05) is 13.2 Å². The van der Waals surface area contributed by atoms with Gasteiger partial charge in [0.15, 0.2) is 0 Å². The first kappa shape index (κ1) is 20.2. The van der Waals surface area contributed by atoms with E-state index >= 15 is 0 Å². The van der Waals surface area contributed by atoms with E-state index in [0.717, 1.165) is 16.5 Å². The predicted molar refractivity (Wildman–Crippen MR) is 127 cm³/mol. The Morgan fingerprint density at radius 3 is 2.47 bits per heavy atom. The van der Waals surface area contributed by atoms with Crippen molar-refractivity contribution in [1.82, 2.24) is 15.3 Å². The van der Waals surface area contributed by atoms with Crippen LogP contribution in [0.1, 0.15) is 22.6 Å². The lowest BCUT2D eigenvalue weighted by Gasteiger charge is -2.14. The maximum absolute atomic E-state index is 12.3. The van der Waals surface area contributed by atoms with Crippen LogP contribution in [0.2, 0.25) is 5.15 Å². The number of carbonyl (C=O) groups is 1. The highest BCUT2D eigenvalue weighted by molar-refractivity contribution is 6.34. The van der Waals surface area contributed by atoms with Crippen LogP contribution in [-0.2, 0) is 4.74 Å². The number of ether oxygens (including phenoxy) is 1. The Bertz CT molecular complexity index is 1290. The third-order valence-corrected chi connectivity index (χ3v) is 5.93. The van der Waals surface area contributed by atoms with Gasteiger partial charge in [-0.1, -0.05) is 78.4 Å². The van der Waals surface area contributed by atoms with Gasteiger partial charge in [0.25, 0.3) is 0 Å². The lowest BCUT2D eigenvalue weighted by atomic mass is 9.98. The van der Waals surface area contributed by atoms with E-state index in [2.05, 4.69) is 39.6 Å². The average molecular weight is 442 g/mol. The number of benzene rings is 3. The van der Waals surface area contributed by atoms with E-state index in [1.807, 2.05) is 54.6 Å². The fourth-order valence-corrected chi connectivity index (χ4v) is 4.33. The number of nitrogens with one attached hydrogen (secondary N) is 1. The van der Waals surface area contributed by atoms with Gasteiger partial charge in [-0.15, -0.1) is 0 Å². The summed E-state index contributed by atoms with van der Waals surface area (Å²) in [4.78, 5) is 20.5. The van der Waals surface area contributed by atoms with Gasteiger partial charge in [-0.25, -0.2) is 14.8 Å². The van der Waals surface area contributed by atoms with Gasteiger partial charge in [0.1, 0.15) is 18.1 Å². The molecule has 0 unspecified atom stereocenters. The van der Waals surface area contributed by atoms with Gasteiger partial charge in [0, 0.05) is 17.8 Å². The Morgan fingerprint density at radius 2 is 1.72 bits per heavy atom. The summed E-state index contributed by atoms with van der Waals surface area (Å²) < 4.78 is 5.55. The van der Waals surface area contributed by atoms with E-state index in [0.29, 0.717) is 18.3 Å². The standard InChI is InChI=1S/C26H20ClN3O2/c27-25-22-14-17(11-12-24(22)29-16-30-25)6-5-13-28-26(31)32-15-23-20-9-3-1-7-18(20)19-8-2-4-10-21(19)23/h1-12,14,16,23H,13,15H2,(H,28,31). The Labute approximate surface area is 190 Å². The minimum absolute atomic E-state index is 0.0493. The molecule has 3 aromatic carbocycles. The number of nitrogens with zero attached hydrogens (tertiary/aromatic N) is 2. The molecule has 0 aliphatic heterocycles. The molecule has 0 bridgehead atoms. The normalized spacial score (nSPS) is 12.7. The zero-order valence-electron chi connectivity index (χ0n) is 17.2. The van der Waals surface area contributed by atoms with Crippen molar-refractivity contribution in [2.45, 2.75) is 5.92 Å². The lowest BCUT2D eigenvalue weighted by molar-refractivity contribution is 0.144. The summed E-state index contributed by atoms with van der Waals surface area (Å²) in [6, 6.07) is 22.3. The zero-order chi connectivity index (χ0) is 21.9. The van der Waals surface area contributed by atoms with Crippen molar-refractivity contribution in [3.05, 3.63) is 101 Å². The van der Waals surface area contributed by atoms with Crippen LogP contribution in [0.3, 0.4) is 0 Å². The molecular formula is C26H20ClN3O2. The number of fused-ring (bicyclic) bond motifs is 4. The third-order valence-electron chi connectivity index (χ3n) is 5.63. The highest BCUT2D eigenvalue weighted by atomic mass is 35.5. The highest BCUT2D eigenvalue weighted by Crippen LogP contribution is 2.44. The molecule has 0 atom stereocenters. The largest absolute Gasteiger partial charge is 0.449 e. The van der Waals surface area contributed by atoms with Crippen molar-refractivity contribution in [3.63, 3.8) is 0 Å². The van der Waals surface area contributed by atoms with Crippen molar-refractivity contribution >= 4 is 34.7 Å². The maximum Gasteiger partial charge on any atom is 0.407 e. The number of aromatic nitrogens is 2. The fourth-order valence-electron chi connectivity index (χ4n) is 4.13. The van der Waals surface area contributed by atoms with E-state index in [-0.39, 0.29) is 5.92 Å². The topological polar surface area (TPSA) is 64.1 Å². The van der Waals surface area contributed by atoms with Crippen LogP contribution in [0.4, 0.5) is 4.79 Å². The number of rotatable bonds is 5. The van der Waals surface area contributed by atoms with Gasteiger partial charge in [0.2, 0.25) is 0 Å². The quantitative estimate of drug-likeness (QED) is 0.395. The molecule has 158 valence electrons. The second-order valence-electron chi connectivity index (χ2n) is 7.55. The SMILES string of the molecule is O=C(NCC=Cc1ccc2ncnc(Cl)c2c1)OCC1c2ccccc2-c2ccccc21. The van der Waals surface area contributed by atoms with E-state index in [9.17, 15) is 4.79 Å². The van der Waals surface area contributed by atoms with Crippen molar-refractivity contribution < 1.29 is 9.53 Å². The Morgan fingerprint density at radius 1 is 1.00 bits per heavy atom. The number of alkyl carbamates (subject to hydrolysis) is 1. The molecule has 1 aromatic heterocycles. The van der Waals surface area contributed by atoms with Gasteiger partial charge in [0.05, 0.1) is 5.52 Å². The first-order valence-corrected chi connectivity index (χ1v) is 10.7. The van der Waals surface area contributed by atoms with Crippen molar-refractivity contribution in [3.8, 4) is 11.1 Å². The summed E-state index contributed by atoms with van der Waals surface area (Å²) in [5.74, 6) is 0.0493. The van der Waals surface area contributed by atoms with Crippen LogP contribution >= 0.6 is 11.6 Å². The molecule has 1 aliphatic carbocycles. The summed E-state index contributed by atoms with van der Waals surface area (Å²) in [6.07, 6.45) is 4.78. The van der Waals surface area contributed by atoms with Gasteiger partial charge >= 0.3 is 6.09 Å². The number of carbonyl (C=O) groups excluding carboxylic acids is 1. The highest BCUT2D eigenvalue weighted by Gasteiger charge is 2.28. The first-order chi connectivity index (χ1) is 15.7. The van der Waals surface area contributed by atoms with Gasteiger partial charge < -0.3 is 10.1 Å². The molecule has 0 spiro atoms. The zero-order valence-corrected chi connectivity index (χ0v) is 17.9. The van der Waals surface area contributed by atoms with Gasteiger partial charge in [-0.3, -0.25) is 0 Å². The molecule has 1 aliphatic rings. The molecule has 1 N–H and O–H groups in total. The van der Waals surface area contributed by atoms with Crippen LogP contribution in [0.25, 0.3) is 28.1 Å². The van der Waals surface area contributed by atoms with Crippen LogP contribution in [0, 0.1) is 0 Å². The number of hydrogen-bond acceptors (Lipinski definition) is 4. The smallest absolute Gasteiger partial charge is 0.407 e. The second-order valence-corrected chi connectivity index (χ2v) is 7.91. The Balaban J connectivity index is 1.18. The number of halogens is 1. The number of hydrogen-bond donors (Lipinski definition) is 1. The van der Waals surface area contributed by atoms with Crippen molar-refractivity contribution in [2.24, 2.45) is 0 Å². The molecule has 1 amide bonds. The van der Waals surface area contributed by atoms with Crippen LogP contribution in [0.5, 0.6) is 0 Å². The van der Waals surface area contributed by atoms with Gasteiger partial charge in [-0.05, 0) is 39.9 Å². The minimum atomic E-state index is -0.438. The van der Waals surface area contributed by atoms with Crippen LogP contribution < -0.4 is 5.32 Å². The fraction of sp³-hybridized carbons (Fsp3) is 0.115. The van der Waals surface area contributed by atoms with E-state index in [1.165, 1.54) is 28.6 Å². The molecule has 0 fully saturated rings. The molecule has 5 rings (SSSR count). The predicted octanol–water partition coefficient (Wildman–Crippen LogP) is 5.84. The molecule has 32 heavy (non-hydrogen) atoms. The molecule has 0 saturated heterocycles. The van der Waals surface area contributed by atoms with E-state index in [4.69, 9.17) is 16.3 Å². The summed E-state index contributed by atoms with van der Waals surface area (Å²) in [7, 11) is 0. The van der Waals surface area contributed by atoms with Crippen LogP contribution in [-0.4, -0.2) is 29.2 Å². The number of amides is 1. The Kier molecular flexibility index (Phi) is 5.57. The molecule has 6 heteroatoms. The average Bonchev–Trinajstić information content (AvgIpc) is 3.15. The third kappa shape index (κ3) is 3.95. The summed E-state index contributed by atoms with van der Waals surface area (Å²) in [5.41, 5.74) is 6.55. The molecule has 4 aromatic rings. The monoisotopic (exact) mass is 441 g/mol. The van der Waals surface area contributed by atoms with Crippen molar-refractivity contribution in [1.29, 1.82) is 0 Å². The molecule has 0 saturated carbocycles. The molecule has 1 heterocycles. The van der Waals surface area contributed by atoms with Crippen LogP contribution in [0.15, 0.2) is 79.1 Å². The van der Waals surface area contributed by atoms with E-state index in [1.54, 1.807) is 0 Å². The van der Waals surface area contributed by atoms with E-state index < -0.39 is 6.09 Å². The lowest BCUT2D eigenvalue weighted by Crippen LogP contribution is -2.26. The summed E-state index contributed by atoms with van der Waals surface area (Å²) in [6.45, 7) is 0.653. The summed E-state index contributed by atoms with van der Waals surface area (Å²) in [5, 5.41) is 3.99. The maximum atomic E-state index is 12.3. The first-order valence-electron chi connectivity index (χ1n) is 10.4. The molecular weight excluding hydrogens is 422 g/mol. The minimum Gasteiger partial charge on any atom is -0.449 e.